The summed E-state index contributed by atoms with van der Waals surface area (Å²) in [5.41, 5.74) is 7.17. The largest absolute Gasteiger partial charge is 0.493 e. The van der Waals surface area contributed by atoms with Crippen LogP contribution in [0.25, 0.3) is 0 Å². The number of hydrogen-bond donors (Lipinski definition) is 1. The van der Waals surface area contributed by atoms with Crippen LogP contribution in [0.5, 0.6) is 5.75 Å². The van der Waals surface area contributed by atoms with Crippen LogP contribution in [0.4, 0.5) is 4.39 Å². The molecule has 2 N–H and O–H groups in total. The van der Waals surface area contributed by atoms with Gasteiger partial charge in [0.05, 0.1) is 6.61 Å². The van der Waals surface area contributed by atoms with Crippen molar-refractivity contribution in [3.63, 3.8) is 0 Å². The summed E-state index contributed by atoms with van der Waals surface area (Å²) >= 11 is 0. The third kappa shape index (κ3) is 2.53. The van der Waals surface area contributed by atoms with E-state index >= 15 is 0 Å². The van der Waals surface area contributed by atoms with Gasteiger partial charge in [0.15, 0.2) is 0 Å². The highest BCUT2D eigenvalue weighted by molar-refractivity contribution is 5.39. The van der Waals surface area contributed by atoms with E-state index in [2.05, 4.69) is 0 Å². The number of benzene rings is 1. The van der Waals surface area contributed by atoms with Gasteiger partial charge in [-0.15, -0.1) is 0 Å². The van der Waals surface area contributed by atoms with Crippen molar-refractivity contribution in [2.75, 3.05) is 6.61 Å². The Morgan fingerprint density at radius 2 is 2.19 bits per heavy atom. The van der Waals surface area contributed by atoms with Gasteiger partial charge < -0.3 is 10.5 Å². The van der Waals surface area contributed by atoms with Gasteiger partial charge in [0.1, 0.15) is 11.6 Å². The van der Waals surface area contributed by atoms with Gasteiger partial charge in [-0.2, -0.15) is 0 Å². The van der Waals surface area contributed by atoms with Crippen LogP contribution in [0.1, 0.15) is 36.9 Å². The highest BCUT2D eigenvalue weighted by Gasteiger charge is 2.23. The van der Waals surface area contributed by atoms with Crippen molar-refractivity contribution < 1.29 is 9.13 Å². The highest BCUT2D eigenvalue weighted by Crippen LogP contribution is 2.32. The molecular formula is C13H18FNO. The van der Waals surface area contributed by atoms with Crippen molar-refractivity contribution >= 4 is 0 Å². The fraction of sp³-hybridized carbons (Fsp3) is 0.538. The van der Waals surface area contributed by atoms with Crippen LogP contribution >= 0.6 is 0 Å². The van der Waals surface area contributed by atoms with E-state index in [1.54, 1.807) is 13.0 Å². The second-order valence-corrected chi connectivity index (χ2v) is 4.68. The minimum Gasteiger partial charge on any atom is -0.493 e. The van der Waals surface area contributed by atoms with Crippen molar-refractivity contribution in [3.05, 3.63) is 29.1 Å². The molecular weight excluding hydrogens is 205 g/mol. The van der Waals surface area contributed by atoms with E-state index in [0.29, 0.717) is 11.5 Å². The van der Waals surface area contributed by atoms with E-state index in [1.807, 2.05) is 6.92 Å². The molecule has 88 valence electrons. The predicted molar refractivity (Wildman–Crippen MR) is 62.0 cm³/mol. The van der Waals surface area contributed by atoms with Gasteiger partial charge in [-0.3, -0.25) is 0 Å². The minimum absolute atomic E-state index is 0.204. The lowest BCUT2D eigenvalue weighted by Gasteiger charge is -2.15. The standard InChI is InChI=1S/C13H18FNO/c1-8-5-13(16-7-10-3-4-10)11(9(2)15)6-12(8)14/h5-6,9-10H,3-4,7,15H2,1-2H3. The molecule has 1 aromatic rings. The minimum atomic E-state index is -0.217. The smallest absolute Gasteiger partial charge is 0.126 e. The topological polar surface area (TPSA) is 35.2 Å². The van der Waals surface area contributed by atoms with Crippen LogP contribution in [-0.4, -0.2) is 6.61 Å². The van der Waals surface area contributed by atoms with Gasteiger partial charge in [-0.25, -0.2) is 4.39 Å². The lowest BCUT2D eigenvalue weighted by Crippen LogP contribution is -2.10. The van der Waals surface area contributed by atoms with Crippen LogP contribution in [-0.2, 0) is 0 Å². The number of ether oxygens (including phenoxy) is 1. The number of nitrogens with two attached hydrogens (primary N) is 1. The summed E-state index contributed by atoms with van der Waals surface area (Å²) in [6.45, 7) is 4.31. The summed E-state index contributed by atoms with van der Waals surface area (Å²) in [5, 5.41) is 0. The van der Waals surface area contributed by atoms with E-state index in [4.69, 9.17) is 10.5 Å². The molecule has 1 aliphatic rings. The molecule has 3 heteroatoms. The number of rotatable bonds is 4. The first-order valence-electron chi connectivity index (χ1n) is 5.76. The van der Waals surface area contributed by atoms with Crippen molar-refractivity contribution in [1.29, 1.82) is 0 Å². The van der Waals surface area contributed by atoms with E-state index in [1.165, 1.54) is 18.9 Å². The zero-order valence-electron chi connectivity index (χ0n) is 9.79. The first-order valence-corrected chi connectivity index (χ1v) is 5.76. The average molecular weight is 223 g/mol. The molecule has 2 rings (SSSR count). The molecule has 1 fully saturated rings. The molecule has 0 heterocycles. The molecule has 1 aromatic carbocycles. The number of hydrogen-bond acceptors (Lipinski definition) is 2. The van der Waals surface area contributed by atoms with E-state index in [9.17, 15) is 4.39 Å². The Labute approximate surface area is 95.6 Å². The molecule has 0 saturated heterocycles. The maximum Gasteiger partial charge on any atom is 0.126 e. The number of halogens is 1. The maximum absolute atomic E-state index is 13.4. The maximum atomic E-state index is 13.4. The zero-order chi connectivity index (χ0) is 11.7. The Hall–Kier alpha value is -1.09. The Morgan fingerprint density at radius 1 is 1.50 bits per heavy atom. The molecule has 1 saturated carbocycles. The summed E-state index contributed by atoms with van der Waals surface area (Å²) in [6.07, 6.45) is 2.49. The van der Waals surface area contributed by atoms with Crippen LogP contribution in [0.15, 0.2) is 12.1 Å². The second kappa shape index (κ2) is 4.42. The molecule has 0 bridgehead atoms. The Bertz CT molecular complexity index is 386. The summed E-state index contributed by atoms with van der Waals surface area (Å²) in [6, 6.07) is 3.03. The van der Waals surface area contributed by atoms with Gasteiger partial charge in [0.25, 0.3) is 0 Å². The SMILES string of the molecule is Cc1cc(OCC2CC2)c(C(C)N)cc1F. The highest BCUT2D eigenvalue weighted by atomic mass is 19.1. The average Bonchev–Trinajstić information content (AvgIpc) is 3.02. The van der Waals surface area contributed by atoms with Crippen LogP contribution in [0.3, 0.4) is 0 Å². The summed E-state index contributed by atoms with van der Waals surface area (Å²) in [4.78, 5) is 0. The summed E-state index contributed by atoms with van der Waals surface area (Å²) < 4.78 is 19.1. The van der Waals surface area contributed by atoms with Gasteiger partial charge in [0.2, 0.25) is 0 Å². The molecule has 0 spiro atoms. The van der Waals surface area contributed by atoms with Crippen LogP contribution in [0, 0.1) is 18.7 Å². The van der Waals surface area contributed by atoms with E-state index in [0.717, 1.165) is 17.9 Å². The van der Waals surface area contributed by atoms with Gasteiger partial charge in [-0.05, 0) is 50.3 Å². The molecule has 1 unspecified atom stereocenters. The third-order valence-electron chi connectivity index (χ3n) is 2.95. The molecule has 0 radical (unpaired) electrons. The lowest BCUT2D eigenvalue weighted by molar-refractivity contribution is 0.294. The first-order chi connectivity index (χ1) is 7.58. The summed E-state index contributed by atoms with van der Waals surface area (Å²) in [5.74, 6) is 1.21. The summed E-state index contributed by atoms with van der Waals surface area (Å²) in [7, 11) is 0. The molecule has 1 aliphatic carbocycles. The fourth-order valence-corrected chi connectivity index (χ4v) is 1.64. The quantitative estimate of drug-likeness (QED) is 0.851. The normalized spacial score (nSPS) is 17.2. The van der Waals surface area contributed by atoms with Crippen LogP contribution in [0.2, 0.25) is 0 Å². The monoisotopic (exact) mass is 223 g/mol. The molecule has 0 aliphatic heterocycles. The molecule has 16 heavy (non-hydrogen) atoms. The molecule has 0 amide bonds. The van der Waals surface area contributed by atoms with Crippen molar-refractivity contribution in [3.8, 4) is 5.75 Å². The fourth-order valence-electron chi connectivity index (χ4n) is 1.64. The first kappa shape index (κ1) is 11.4. The van der Waals surface area contributed by atoms with E-state index in [-0.39, 0.29) is 11.9 Å². The second-order valence-electron chi connectivity index (χ2n) is 4.68. The van der Waals surface area contributed by atoms with E-state index < -0.39 is 0 Å². The zero-order valence-corrected chi connectivity index (χ0v) is 9.79. The Balaban J connectivity index is 2.21. The van der Waals surface area contributed by atoms with Crippen molar-refractivity contribution in [2.24, 2.45) is 11.7 Å². The number of aryl methyl sites for hydroxylation is 1. The third-order valence-corrected chi connectivity index (χ3v) is 2.95. The van der Waals surface area contributed by atoms with Crippen molar-refractivity contribution in [2.45, 2.75) is 32.7 Å². The molecule has 0 aromatic heterocycles. The Kier molecular flexibility index (Phi) is 3.15. The lowest BCUT2D eigenvalue weighted by atomic mass is 10.1. The molecule has 2 nitrogen and oxygen atoms in total. The molecule has 1 atom stereocenters. The predicted octanol–water partition coefficient (Wildman–Crippen LogP) is 2.94. The Morgan fingerprint density at radius 3 is 2.75 bits per heavy atom. The van der Waals surface area contributed by atoms with Crippen molar-refractivity contribution in [1.82, 2.24) is 0 Å². The van der Waals surface area contributed by atoms with Gasteiger partial charge in [-0.1, -0.05) is 0 Å². The van der Waals surface area contributed by atoms with Gasteiger partial charge >= 0.3 is 0 Å². The van der Waals surface area contributed by atoms with Gasteiger partial charge in [0, 0.05) is 11.6 Å². The van der Waals surface area contributed by atoms with Crippen LogP contribution < -0.4 is 10.5 Å².